The molecular weight excluding hydrogens is 276 g/mol. The Kier molecular flexibility index (Phi) is 4.55. The number of hydrogen-bond donors (Lipinski definition) is 2. The molecular formula is C14H14N2O5. The summed E-state index contributed by atoms with van der Waals surface area (Å²) in [7, 11) is 1.54. The van der Waals surface area contributed by atoms with Crippen LogP contribution in [0.3, 0.4) is 0 Å². The fourth-order valence-corrected chi connectivity index (χ4v) is 1.63. The second-order valence-corrected chi connectivity index (χ2v) is 4.22. The summed E-state index contributed by atoms with van der Waals surface area (Å²) < 4.78 is 10.1. The molecule has 2 N–H and O–H groups in total. The van der Waals surface area contributed by atoms with Crippen LogP contribution in [0, 0.1) is 0 Å². The van der Waals surface area contributed by atoms with Gasteiger partial charge in [0.2, 0.25) is 0 Å². The number of aryl methyl sites for hydroxylation is 1. The number of benzene rings is 1. The van der Waals surface area contributed by atoms with E-state index >= 15 is 0 Å². The van der Waals surface area contributed by atoms with Crippen molar-refractivity contribution in [3.8, 4) is 5.75 Å². The highest BCUT2D eigenvalue weighted by molar-refractivity contribution is 6.03. The molecule has 1 aromatic heterocycles. The Morgan fingerprint density at radius 1 is 1.33 bits per heavy atom. The Morgan fingerprint density at radius 2 is 2.05 bits per heavy atom. The Balaban J connectivity index is 1.97. The molecule has 7 nitrogen and oxygen atoms in total. The minimum Gasteiger partial charge on any atom is -0.497 e. The van der Waals surface area contributed by atoms with Gasteiger partial charge in [0.15, 0.2) is 0 Å². The summed E-state index contributed by atoms with van der Waals surface area (Å²) in [6.07, 6.45) is 1.53. The second-order valence-electron chi connectivity index (χ2n) is 4.22. The van der Waals surface area contributed by atoms with Crippen LogP contribution in [0.15, 0.2) is 34.9 Å². The Hall–Kier alpha value is -2.83. The zero-order valence-corrected chi connectivity index (χ0v) is 11.3. The third kappa shape index (κ3) is 4.07. The van der Waals surface area contributed by atoms with Gasteiger partial charge >= 0.3 is 12.0 Å². The van der Waals surface area contributed by atoms with Gasteiger partial charge in [-0.3, -0.25) is 14.9 Å². The van der Waals surface area contributed by atoms with Gasteiger partial charge in [0, 0.05) is 12.0 Å². The quantitative estimate of drug-likeness (QED) is 0.843. The molecule has 2 aromatic rings. The van der Waals surface area contributed by atoms with Gasteiger partial charge in [0.05, 0.1) is 19.2 Å². The molecule has 110 valence electrons. The van der Waals surface area contributed by atoms with Crippen LogP contribution in [-0.4, -0.2) is 29.1 Å². The number of rotatable bonds is 6. The molecule has 0 radical (unpaired) electrons. The summed E-state index contributed by atoms with van der Waals surface area (Å²) in [5, 5.41) is 11.1. The van der Waals surface area contributed by atoms with Gasteiger partial charge in [-0.15, -0.1) is 0 Å². The molecule has 1 heterocycles. The molecule has 7 heteroatoms. The minimum atomic E-state index is -0.915. The number of carbonyl (C=O) groups excluding carboxylic acids is 1. The van der Waals surface area contributed by atoms with E-state index in [1.165, 1.54) is 6.26 Å². The Morgan fingerprint density at radius 3 is 2.67 bits per heavy atom. The van der Waals surface area contributed by atoms with Crippen LogP contribution < -0.4 is 10.1 Å². The average molecular weight is 290 g/mol. The predicted molar refractivity (Wildman–Crippen MR) is 73.4 cm³/mol. The van der Waals surface area contributed by atoms with E-state index in [-0.39, 0.29) is 24.8 Å². The van der Waals surface area contributed by atoms with Crippen molar-refractivity contribution in [3.63, 3.8) is 0 Å². The maximum Gasteiger partial charge on any atom is 0.303 e. The van der Waals surface area contributed by atoms with Crippen LogP contribution in [-0.2, 0) is 11.2 Å². The van der Waals surface area contributed by atoms with Crippen molar-refractivity contribution in [2.75, 3.05) is 12.4 Å². The zero-order valence-electron chi connectivity index (χ0n) is 11.3. The average Bonchev–Trinajstić information content (AvgIpc) is 2.92. The molecule has 1 aromatic carbocycles. The van der Waals surface area contributed by atoms with E-state index in [9.17, 15) is 9.59 Å². The van der Waals surface area contributed by atoms with E-state index in [0.29, 0.717) is 17.0 Å². The summed E-state index contributed by atoms with van der Waals surface area (Å²) >= 11 is 0. The lowest BCUT2D eigenvalue weighted by Crippen LogP contribution is -2.12. The number of ether oxygens (including phenoxy) is 1. The number of carboxylic acids is 1. The van der Waals surface area contributed by atoms with E-state index in [0.717, 1.165) is 0 Å². The third-order valence-electron chi connectivity index (χ3n) is 2.72. The highest BCUT2D eigenvalue weighted by atomic mass is 16.5. The van der Waals surface area contributed by atoms with E-state index in [2.05, 4.69) is 10.3 Å². The van der Waals surface area contributed by atoms with Gasteiger partial charge in [0.1, 0.15) is 12.0 Å². The molecule has 0 bridgehead atoms. The lowest BCUT2D eigenvalue weighted by Gasteiger charge is -2.02. The largest absolute Gasteiger partial charge is 0.497 e. The van der Waals surface area contributed by atoms with Gasteiger partial charge in [-0.1, -0.05) is 0 Å². The number of hydrogen-bond acceptors (Lipinski definition) is 5. The number of carboxylic acid groups (broad SMARTS) is 1. The molecule has 0 aliphatic carbocycles. The minimum absolute atomic E-state index is 0.0382. The van der Waals surface area contributed by atoms with Crippen molar-refractivity contribution in [1.29, 1.82) is 0 Å². The molecule has 0 aliphatic rings. The first-order valence-corrected chi connectivity index (χ1v) is 6.20. The van der Waals surface area contributed by atoms with Gasteiger partial charge < -0.3 is 14.3 Å². The molecule has 2 rings (SSSR count). The highest BCUT2D eigenvalue weighted by Gasteiger charge is 2.11. The first-order valence-electron chi connectivity index (χ1n) is 6.20. The third-order valence-corrected chi connectivity index (χ3v) is 2.72. The molecule has 0 unspecified atom stereocenters. The standard InChI is InChI=1S/C14H14N2O5/c1-20-11-5-2-9(3-6-11)13(19)16-14-15-10(8-21-14)4-7-12(17)18/h2-3,5-6,8H,4,7H2,1H3,(H,17,18)(H,15,16,19). The molecule has 0 atom stereocenters. The number of oxazole rings is 1. The Labute approximate surface area is 120 Å². The topological polar surface area (TPSA) is 102 Å². The highest BCUT2D eigenvalue weighted by Crippen LogP contribution is 2.14. The van der Waals surface area contributed by atoms with Crippen LogP contribution in [0.5, 0.6) is 5.75 Å². The summed E-state index contributed by atoms with van der Waals surface area (Å²) in [4.78, 5) is 26.4. The first-order chi connectivity index (χ1) is 10.1. The summed E-state index contributed by atoms with van der Waals surface area (Å²) in [6, 6.07) is 6.60. The SMILES string of the molecule is COc1ccc(C(=O)Nc2nc(CCC(=O)O)co2)cc1. The van der Waals surface area contributed by atoms with Gasteiger partial charge in [-0.05, 0) is 24.3 Å². The van der Waals surface area contributed by atoms with Crippen LogP contribution in [0.2, 0.25) is 0 Å². The van der Waals surface area contributed by atoms with Crippen LogP contribution in [0.1, 0.15) is 22.5 Å². The zero-order chi connectivity index (χ0) is 15.2. The molecule has 21 heavy (non-hydrogen) atoms. The molecule has 0 saturated heterocycles. The van der Waals surface area contributed by atoms with Crippen molar-refractivity contribution in [2.24, 2.45) is 0 Å². The molecule has 0 aliphatic heterocycles. The summed E-state index contributed by atoms with van der Waals surface area (Å²) in [5.41, 5.74) is 0.906. The number of amides is 1. The van der Waals surface area contributed by atoms with Crippen LogP contribution in [0.4, 0.5) is 6.01 Å². The molecule has 0 spiro atoms. The first kappa shape index (κ1) is 14.6. The summed E-state index contributed by atoms with van der Waals surface area (Å²) in [6.45, 7) is 0. The van der Waals surface area contributed by atoms with E-state index in [1.807, 2.05) is 0 Å². The summed E-state index contributed by atoms with van der Waals surface area (Å²) in [5.74, 6) is -0.635. The monoisotopic (exact) mass is 290 g/mol. The van der Waals surface area contributed by atoms with E-state index in [4.69, 9.17) is 14.3 Å². The molecule has 0 saturated carbocycles. The van der Waals surface area contributed by atoms with Crippen molar-refractivity contribution < 1.29 is 23.8 Å². The maximum absolute atomic E-state index is 11.9. The normalized spacial score (nSPS) is 10.1. The van der Waals surface area contributed by atoms with Gasteiger partial charge in [-0.25, -0.2) is 0 Å². The number of nitrogens with zero attached hydrogens (tertiary/aromatic N) is 1. The van der Waals surface area contributed by atoms with Gasteiger partial charge in [-0.2, -0.15) is 4.98 Å². The molecule has 0 fully saturated rings. The fourth-order valence-electron chi connectivity index (χ4n) is 1.63. The van der Waals surface area contributed by atoms with E-state index < -0.39 is 5.97 Å². The van der Waals surface area contributed by atoms with Crippen molar-refractivity contribution in [1.82, 2.24) is 4.98 Å². The fraction of sp³-hybridized carbons (Fsp3) is 0.214. The van der Waals surface area contributed by atoms with Crippen molar-refractivity contribution in [2.45, 2.75) is 12.8 Å². The lowest BCUT2D eigenvalue weighted by molar-refractivity contribution is -0.136. The number of carbonyl (C=O) groups is 2. The number of anilines is 1. The number of methoxy groups -OCH3 is 1. The molecule has 1 amide bonds. The van der Waals surface area contributed by atoms with Crippen molar-refractivity contribution >= 4 is 17.9 Å². The van der Waals surface area contributed by atoms with Crippen LogP contribution >= 0.6 is 0 Å². The Bertz CT molecular complexity index is 633. The predicted octanol–water partition coefficient (Wildman–Crippen LogP) is 1.95. The number of aromatic nitrogens is 1. The lowest BCUT2D eigenvalue weighted by atomic mass is 10.2. The van der Waals surface area contributed by atoms with Gasteiger partial charge in [0.25, 0.3) is 5.91 Å². The number of aliphatic carboxylic acids is 1. The van der Waals surface area contributed by atoms with Crippen molar-refractivity contribution in [3.05, 3.63) is 41.8 Å². The maximum atomic E-state index is 11.9. The van der Waals surface area contributed by atoms with E-state index in [1.54, 1.807) is 31.4 Å². The smallest absolute Gasteiger partial charge is 0.303 e. The second kappa shape index (κ2) is 6.56. The number of nitrogens with one attached hydrogen (secondary N) is 1. The van der Waals surface area contributed by atoms with Crippen LogP contribution in [0.25, 0.3) is 0 Å².